The fourth-order valence-corrected chi connectivity index (χ4v) is 3.98. The SMILES string of the molecule is CCCCCCCCCCC[C@H]1OC(=O)[C@H]2CCC[C@H]21. The molecule has 116 valence electrons. The molecule has 0 aromatic heterocycles. The predicted molar refractivity (Wildman–Crippen MR) is 82.6 cm³/mol. The van der Waals surface area contributed by atoms with Gasteiger partial charge in [-0.25, -0.2) is 0 Å². The van der Waals surface area contributed by atoms with Crippen LogP contribution in [-0.2, 0) is 9.53 Å². The maximum atomic E-state index is 11.7. The van der Waals surface area contributed by atoms with E-state index < -0.39 is 0 Å². The maximum absolute atomic E-state index is 11.7. The van der Waals surface area contributed by atoms with Gasteiger partial charge in [0.25, 0.3) is 0 Å². The lowest BCUT2D eigenvalue weighted by Crippen LogP contribution is -2.16. The summed E-state index contributed by atoms with van der Waals surface area (Å²) in [5.41, 5.74) is 0. The number of cyclic esters (lactones) is 1. The lowest BCUT2D eigenvalue weighted by atomic mass is 9.91. The number of rotatable bonds is 10. The van der Waals surface area contributed by atoms with Crippen LogP contribution in [0.3, 0.4) is 0 Å². The summed E-state index contributed by atoms with van der Waals surface area (Å²) in [7, 11) is 0. The second-order valence-corrected chi connectivity index (χ2v) is 6.79. The van der Waals surface area contributed by atoms with Gasteiger partial charge in [-0.3, -0.25) is 4.79 Å². The lowest BCUT2D eigenvalue weighted by Gasteiger charge is -2.15. The first-order valence-electron chi connectivity index (χ1n) is 9.03. The minimum atomic E-state index is 0.105. The molecule has 2 fully saturated rings. The van der Waals surface area contributed by atoms with E-state index in [0.717, 1.165) is 12.8 Å². The third kappa shape index (κ3) is 4.49. The minimum absolute atomic E-state index is 0.105. The van der Waals surface area contributed by atoms with E-state index in [9.17, 15) is 4.79 Å². The number of carbonyl (C=O) groups excluding carboxylic acids is 1. The predicted octanol–water partition coefficient (Wildman–Crippen LogP) is 5.25. The highest BCUT2D eigenvalue weighted by Gasteiger charge is 2.46. The molecular weight excluding hydrogens is 248 g/mol. The number of unbranched alkanes of at least 4 members (excludes halogenated alkanes) is 8. The fourth-order valence-electron chi connectivity index (χ4n) is 3.98. The van der Waals surface area contributed by atoms with Crippen LogP contribution in [-0.4, -0.2) is 12.1 Å². The van der Waals surface area contributed by atoms with Crippen molar-refractivity contribution in [3.63, 3.8) is 0 Å². The molecule has 0 amide bonds. The lowest BCUT2D eigenvalue weighted by molar-refractivity contribution is -0.144. The summed E-state index contributed by atoms with van der Waals surface area (Å²) in [6, 6.07) is 0. The van der Waals surface area contributed by atoms with Crippen LogP contribution in [0.4, 0.5) is 0 Å². The molecular formula is C18H32O2. The van der Waals surface area contributed by atoms with Gasteiger partial charge < -0.3 is 4.74 Å². The average molecular weight is 280 g/mol. The van der Waals surface area contributed by atoms with Crippen molar-refractivity contribution in [2.45, 2.75) is 96.5 Å². The minimum Gasteiger partial charge on any atom is -0.462 e. The monoisotopic (exact) mass is 280 g/mol. The van der Waals surface area contributed by atoms with E-state index in [1.54, 1.807) is 0 Å². The summed E-state index contributed by atoms with van der Waals surface area (Å²) < 4.78 is 5.56. The Hall–Kier alpha value is -0.530. The molecule has 2 rings (SSSR count). The normalized spacial score (nSPS) is 28.6. The molecule has 1 saturated heterocycles. The summed E-state index contributed by atoms with van der Waals surface area (Å²) in [6.07, 6.45) is 17.2. The number of carbonyl (C=O) groups is 1. The van der Waals surface area contributed by atoms with Crippen LogP contribution in [0.5, 0.6) is 0 Å². The van der Waals surface area contributed by atoms with Crippen molar-refractivity contribution in [2.75, 3.05) is 0 Å². The van der Waals surface area contributed by atoms with Crippen LogP contribution in [0.25, 0.3) is 0 Å². The topological polar surface area (TPSA) is 26.3 Å². The molecule has 1 aliphatic carbocycles. The summed E-state index contributed by atoms with van der Waals surface area (Å²) in [5, 5.41) is 0. The van der Waals surface area contributed by atoms with Crippen molar-refractivity contribution in [2.24, 2.45) is 11.8 Å². The molecule has 0 radical (unpaired) electrons. The smallest absolute Gasteiger partial charge is 0.309 e. The van der Waals surface area contributed by atoms with E-state index in [4.69, 9.17) is 4.74 Å². The van der Waals surface area contributed by atoms with Gasteiger partial charge in [0.15, 0.2) is 0 Å². The van der Waals surface area contributed by atoms with E-state index in [1.165, 1.54) is 70.6 Å². The van der Waals surface area contributed by atoms with E-state index in [-0.39, 0.29) is 18.0 Å². The molecule has 0 aromatic carbocycles. The largest absolute Gasteiger partial charge is 0.462 e. The van der Waals surface area contributed by atoms with Crippen LogP contribution < -0.4 is 0 Å². The van der Waals surface area contributed by atoms with E-state index in [1.807, 2.05) is 0 Å². The Morgan fingerprint density at radius 1 is 0.950 bits per heavy atom. The Bertz CT molecular complexity index is 287. The Balaban J connectivity index is 1.46. The Morgan fingerprint density at radius 2 is 1.60 bits per heavy atom. The summed E-state index contributed by atoms with van der Waals surface area (Å²) >= 11 is 0. The zero-order valence-electron chi connectivity index (χ0n) is 13.2. The highest BCUT2D eigenvalue weighted by Crippen LogP contribution is 2.42. The van der Waals surface area contributed by atoms with Gasteiger partial charge in [0.1, 0.15) is 6.10 Å². The van der Waals surface area contributed by atoms with E-state index >= 15 is 0 Å². The molecule has 0 spiro atoms. The van der Waals surface area contributed by atoms with Gasteiger partial charge in [0.05, 0.1) is 5.92 Å². The first-order valence-corrected chi connectivity index (χ1v) is 9.03. The van der Waals surface area contributed by atoms with Gasteiger partial charge in [-0.05, 0) is 25.7 Å². The molecule has 0 aromatic rings. The Labute approximate surface area is 124 Å². The van der Waals surface area contributed by atoms with Gasteiger partial charge in [-0.1, -0.05) is 64.7 Å². The molecule has 0 unspecified atom stereocenters. The molecule has 1 saturated carbocycles. The van der Waals surface area contributed by atoms with Gasteiger partial charge >= 0.3 is 5.97 Å². The van der Waals surface area contributed by atoms with Gasteiger partial charge in [-0.15, -0.1) is 0 Å². The van der Waals surface area contributed by atoms with E-state index in [0.29, 0.717) is 5.92 Å². The third-order valence-corrected chi connectivity index (χ3v) is 5.21. The fraction of sp³-hybridized carbons (Fsp3) is 0.944. The Morgan fingerprint density at radius 3 is 2.30 bits per heavy atom. The van der Waals surface area contributed by atoms with Crippen LogP contribution in [0.15, 0.2) is 0 Å². The number of fused-ring (bicyclic) bond motifs is 1. The van der Waals surface area contributed by atoms with Crippen molar-refractivity contribution in [1.82, 2.24) is 0 Å². The molecule has 0 N–H and O–H groups in total. The van der Waals surface area contributed by atoms with Crippen LogP contribution in [0, 0.1) is 11.8 Å². The molecule has 1 aliphatic heterocycles. The second-order valence-electron chi connectivity index (χ2n) is 6.79. The van der Waals surface area contributed by atoms with Crippen molar-refractivity contribution < 1.29 is 9.53 Å². The molecule has 2 heteroatoms. The molecule has 20 heavy (non-hydrogen) atoms. The highest BCUT2D eigenvalue weighted by molar-refractivity contribution is 5.75. The van der Waals surface area contributed by atoms with Gasteiger partial charge in [0, 0.05) is 5.92 Å². The van der Waals surface area contributed by atoms with Crippen molar-refractivity contribution in [3.05, 3.63) is 0 Å². The Kier molecular flexibility index (Phi) is 6.89. The maximum Gasteiger partial charge on any atom is 0.309 e. The van der Waals surface area contributed by atoms with Crippen LogP contribution in [0.1, 0.15) is 90.4 Å². The molecule has 0 bridgehead atoms. The van der Waals surface area contributed by atoms with Crippen LogP contribution in [0.2, 0.25) is 0 Å². The van der Waals surface area contributed by atoms with Crippen molar-refractivity contribution in [3.8, 4) is 0 Å². The number of ether oxygens (including phenoxy) is 1. The van der Waals surface area contributed by atoms with Gasteiger partial charge in [0.2, 0.25) is 0 Å². The van der Waals surface area contributed by atoms with Crippen LogP contribution >= 0.6 is 0 Å². The molecule has 2 nitrogen and oxygen atoms in total. The standard InChI is InChI=1S/C18H32O2/c1-2-3-4-5-6-7-8-9-10-14-17-15-12-11-13-16(15)18(19)20-17/h15-17H,2-14H2,1H3/t15-,16+,17-/m1/s1. The number of hydrogen-bond donors (Lipinski definition) is 0. The first-order chi connectivity index (χ1) is 9.83. The average Bonchev–Trinajstić information content (AvgIpc) is 3.02. The number of hydrogen-bond acceptors (Lipinski definition) is 2. The summed E-state index contributed by atoms with van der Waals surface area (Å²) in [5.74, 6) is 0.934. The summed E-state index contributed by atoms with van der Waals surface area (Å²) in [4.78, 5) is 11.7. The number of esters is 1. The van der Waals surface area contributed by atoms with Gasteiger partial charge in [-0.2, -0.15) is 0 Å². The molecule has 3 atom stereocenters. The highest BCUT2D eigenvalue weighted by atomic mass is 16.6. The molecule has 1 heterocycles. The van der Waals surface area contributed by atoms with Crippen molar-refractivity contribution >= 4 is 5.97 Å². The zero-order valence-corrected chi connectivity index (χ0v) is 13.2. The summed E-state index contributed by atoms with van der Waals surface area (Å²) in [6.45, 7) is 2.27. The zero-order chi connectivity index (χ0) is 14.2. The third-order valence-electron chi connectivity index (χ3n) is 5.21. The quantitative estimate of drug-likeness (QED) is 0.403. The van der Waals surface area contributed by atoms with E-state index in [2.05, 4.69) is 6.92 Å². The first kappa shape index (κ1) is 15.9. The second kappa shape index (κ2) is 8.69. The molecule has 2 aliphatic rings. The van der Waals surface area contributed by atoms with Crippen molar-refractivity contribution in [1.29, 1.82) is 0 Å².